The predicted octanol–water partition coefficient (Wildman–Crippen LogP) is 3.76. The maximum atomic E-state index is 6.11. The van der Waals surface area contributed by atoms with Crippen molar-refractivity contribution >= 4 is 17.5 Å². The van der Waals surface area contributed by atoms with Crippen molar-refractivity contribution in [3.8, 4) is 0 Å². The summed E-state index contributed by atoms with van der Waals surface area (Å²) in [6.45, 7) is 3.16. The van der Waals surface area contributed by atoms with E-state index in [9.17, 15) is 0 Å². The van der Waals surface area contributed by atoms with E-state index in [0.29, 0.717) is 6.61 Å². The average molecular weight is 424 g/mol. The molecule has 1 aromatic carbocycles. The average Bonchev–Trinajstić information content (AvgIpc) is 2.75. The molecule has 3 aromatic rings. The van der Waals surface area contributed by atoms with Gasteiger partial charge in [0, 0.05) is 68.8 Å². The third kappa shape index (κ3) is 5.33. The van der Waals surface area contributed by atoms with Gasteiger partial charge in [-0.25, -0.2) is 9.97 Å². The van der Waals surface area contributed by atoms with E-state index in [2.05, 4.69) is 33.1 Å². The molecule has 1 atom stereocenters. The highest BCUT2D eigenvalue weighted by atomic mass is 35.5. The molecule has 1 aliphatic heterocycles. The van der Waals surface area contributed by atoms with Crippen LogP contribution in [0.2, 0.25) is 5.02 Å². The molecule has 30 heavy (non-hydrogen) atoms. The fourth-order valence-electron chi connectivity index (χ4n) is 3.58. The number of hydrogen-bond donors (Lipinski definition) is 0. The van der Waals surface area contributed by atoms with Crippen molar-refractivity contribution in [3.05, 3.63) is 82.4 Å². The van der Waals surface area contributed by atoms with E-state index in [0.717, 1.165) is 59.5 Å². The van der Waals surface area contributed by atoms with Crippen LogP contribution in [0.5, 0.6) is 0 Å². The van der Waals surface area contributed by atoms with Gasteiger partial charge in [-0.2, -0.15) is 0 Å². The normalized spacial score (nSPS) is 17.1. The number of morpholine rings is 1. The van der Waals surface area contributed by atoms with Crippen molar-refractivity contribution in [2.45, 2.75) is 19.1 Å². The Morgan fingerprint density at radius 2 is 1.90 bits per heavy atom. The minimum absolute atomic E-state index is 0.0416. The molecule has 3 heterocycles. The van der Waals surface area contributed by atoms with E-state index in [4.69, 9.17) is 21.3 Å². The molecule has 0 saturated carbocycles. The van der Waals surface area contributed by atoms with Crippen LogP contribution in [-0.2, 0) is 17.7 Å². The largest absolute Gasteiger partial charge is 0.369 e. The first-order valence-electron chi connectivity index (χ1n) is 10.1. The molecule has 7 heteroatoms. The van der Waals surface area contributed by atoms with Crippen LogP contribution < -0.4 is 4.90 Å². The summed E-state index contributed by atoms with van der Waals surface area (Å²) in [5.74, 6) is 0.722. The molecule has 156 valence electrons. The Labute approximate surface area is 182 Å². The summed E-state index contributed by atoms with van der Waals surface area (Å²) in [4.78, 5) is 18.0. The maximum Gasteiger partial charge on any atom is 0.224 e. The highest BCUT2D eigenvalue weighted by Crippen LogP contribution is 2.23. The zero-order valence-corrected chi connectivity index (χ0v) is 18.1. The molecule has 1 fully saturated rings. The topological polar surface area (TPSA) is 54.4 Å². The summed E-state index contributed by atoms with van der Waals surface area (Å²) >= 11 is 6.11. The minimum Gasteiger partial charge on any atom is -0.369 e. The SMILES string of the molecule is CN(C)c1ncc(CN2CCO[C@@H](c3cccc(Cc4cccc(Cl)c4)n3)C2)cn1. The predicted molar refractivity (Wildman–Crippen MR) is 119 cm³/mol. The summed E-state index contributed by atoms with van der Waals surface area (Å²) in [6, 6.07) is 14.1. The number of nitrogens with zero attached hydrogens (tertiary/aromatic N) is 5. The Morgan fingerprint density at radius 1 is 1.10 bits per heavy atom. The Bertz CT molecular complexity index is 979. The van der Waals surface area contributed by atoms with Gasteiger partial charge in [-0.1, -0.05) is 29.8 Å². The van der Waals surface area contributed by atoms with Crippen molar-refractivity contribution in [1.29, 1.82) is 0 Å². The Hall–Kier alpha value is -2.54. The van der Waals surface area contributed by atoms with Crippen LogP contribution in [0, 0.1) is 0 Å². The van der Waals surface area contributed by atoms with Crippen LogP contribution in [0.3, 0.4) is 0 Å². The highest BCUT2D eigenvalue weighted by molar-refractivity contribution is 6.30. The van der Waals surface area contributed by atoms with E-state index >= 15 is 0 Å². The van der Waals surface area contributed by atoms with E-state index in [-0.39, 0.29) is 6.10 Å². The molecule has 0 radical (unpaired) electrons. The number of hydrogen-bond acceptors (Lipinski definition) is 6. The molecule has 6 nitrogen and oxygen atoms in total. The lowest BCUT2D eigenvalue weighted by Crippen LogP contribution is -2.38. The molecule has 4 rings (SSSR count). The maximum absolute atomic E-state index is 6.11. The van der Waals surface area contributed by atoms with Gasteiger partial charge in [0.15, 0.2) is 0 Å². The van der Waals surface area contributed by atoms with E-state index in [1.54, 1.807) is 0 Å². The molecule has 0 bridgehead atoms. The van der Waals surface area contributed by atoms with Crippen LogP contribution in [0.1, 0.15) is 28.6 Å². The fraction of sp³-hybridized carbons (Fsp3) is 0.348. The van der Waals surface area contributed by atoms with Gasteiger partial charge < -0.3 is 9.64 Å². The number of anilines is 1. The Morgan fingerprint density at radius 3 is 2.67 bits per heavy atom. The van der Waals surface area contributed by atoms with Gasteiger partial charge in [-0.15, -0.1) is 0 Å². The first-order chi connectivity index (χ1) is 14.6. The second-order valence-electron chi connectivity index (χ2n) is 7.74. The first kappa shape index (κ1) is 20.7. The van der Waals surface area contributed by atoms with Crippen LogP contribution in [0.15, 0.2) is 54.9 Å². The van der Waals surface area contributed by atoms with Crippen LogP contribution in [0.25, 0.3) is 0 Å². The number of aromatic nitrogens is 3. The molecule has 1 aliphatic rings. The van der Waals surface area contributed by atoms with Gasteiger partial charge in [0.2, 0.25) is 5.95 Å². The molecular formula is C23H26ClN5O. The monoisotopic (exact) mass is 423 g/mol. The third-order valence-electron chi connectivity index (χ3n) is 5.08. The molecule has 0 unspecified atom stereocenters. The Balaban J connectivity index is 1.41. The molecule has 2 aromatic heterocycles. The van der Waals surface area contributed by atoms with Gasteiger partial charge in [-0.05, 0) is 29.8 Å². The van der Waals surface area contributed by atoms with E-state index in [1.165, 1.54) is 0 Å². The molecule has 0 spiro atoms. The summed E-state index contributed by atoms with van der Waals surface area (Å²) in [5, 5.41) is 0.748. The number of pyridine rings is 1. The first-order valence-corrected chi connectivity index (χ1v) is 10.5. The quantitative estimate of drug-likeness (QED) is 0.601. The van der Waals surface area contributed by atoms with Crippen molar-refractivity contribution in [2.75, 3.05) is 38.7 Å². The van der Waals surface area contributed by atoms with Crippen molar-refractivity contribution < 1.29 is 4.74 Å². The highest BCUT2D eigenvalue weighted by Gasteiger charge is 2.23. The smallest absolute Gasteiger partial charge is 0.224 e. The summed E-state index contributed by atoms with van der Waals surface area (Å²) in [7, 11) is 3.88. The van der Waals surface area contributed by atoms with Crippen molar-refractivity contribution in [2.24, 2.45) is 0 Å². The number of halogens is 1. The Kier molecular flexibility index (Phi) is 6.57. The second kappa shape index (κ2) is 9.51. The standard InChI is InChI=1S/C23H26ClN5O/c1-28(2)23-25-13-18(14-26-23)15-29-9-10-30-22(16-29)21-8-4-7-20(27-21)12-17-5-3-6-19(24)11-17/h3-8,11,13-14,22H,9-10,12,15-16H2,1-2H3/t22-/m1/s1. The third-order valence-corrected chi connectivity index (χ3v) is 5.32. The summed E-state index contributed by atoms with van der Waals surface area (Å²) in [5.41, 5.74) is 4.24. The molecule has 1 saturated heterocycles. The van der Waals surface area contributed by atoms with Gasteiger partial charge in [-0.3, -0.25) is 9.88 Å². The van der Waals surface area contributed by atoms with Gasteiger partial charge in [0.05, 0.1) is 12.3 Å². The van der Waals surface area contributed by atoms with Gasteiger partial charge >= 0.3 is 0 Å². The lowest BCUT2D eigenvalue weighted by atomic mass is 10.1. The molecule has 0 N–H and O–H groups in total. The second-order valence-corrected chi connectivity index (χ2v) is 8.18. The lowest BCUT2D eigenvalue weighted by Gasteiger charge is -2.32. The summed E-state index contributed by atoms with van der Waals surface area (Å²) < 4.78 is 6.04. The zero-order valence-electron chi connectivity index (χ0n) is 17.3. The van der Waals surface area contributed by atoms with Crippen molar-refractivity contribution in [3.63, 3.8) is 0 Å². The molecule has 0 aliphatic carbocycles. The van der Waals surface area contributed by atoms with Crippen molar-refractivity contribution in [1.82, 2.24) is 19.9 Å². The number of benzene rings is 1. The van der Waals surface area contributed by atoms with Crippen LogP contribution in [0.4, 0.5) is 5.95 Å². The van der Waals surface area contributed by atoms with E-state index in [1.807, 2.05) is 55.7 Å². The fourth-order valence-corrected chi connectivity index (χ4v) is 3.79. The van der Waals surface area contributed by atoms with E-state index < -0.39 is 0 Å². The number of rotatable bonds is 6. The van der Waals surface area contributed by atoms with Gasteiger partial charge in [0.1, 0.15) is 6.10 Å². The lowest BCUT2D eigenvalue weighted by molar-refractivity contribution is -0.0351. The van der Waals surface area contributed by atoms with Crippen LogP contribution >= 0.6 is 11.6 Å². The molecular weight excluding hydrogens is 398 g/mol. The zero-order chi connectivity index (χ0) is 20.9. The molecule has 0 amide bonds. The minimum atomic E-state index is -0.0416. The van der Waals surface area contributed by atoms with Gasteiger partial charge in [0.25, 0.3) is 0 Å². The summed E-state index contributed by atoms with van der Waals surface area (Å²) in [6.07, 6.45) is 4.51. The van der Waals surface area contributed by atoms with Crippen LogP contribution in [-0.4, -0.2) is 53.6 Å². The number of ether oxygens (including phenoxy) is 1.